The first-order chi connectivity index (χ1) is 8.04. The van der Waals surface area contributed by atoms with Crippen molar-refractivity contribution < 1.29 is 4.79 Å². The summed E-state index contributed by atoms with van der Waals surface area (Å²) < 4.78 is 1.55. The first-order valence-electron chi connectivity index (χ1n) is 5.46. The molecule has 6 heteroatoms. The number of amides is 1. The van der Waals surface area contributed by atoms with Crippen LogP contribution in [0.15, 0.2) is 10.9 Å². The number of pyridine rings is 1. The summed E-state index contributed by atoms with van der Waals surface area (Å²) in [4.78, 5) is 25.6. The second-order valence-corrected chi connectivity index (χ2v) is 4.36. The summed E-state index contributed by atoms with van der Waals surface area (Å²) in [5, 5.41) is 0. The van der Waals surface area contributed by atoms with E-state index in [1.807, 2.05) is 12.5 Å². The smallest absolute Gasteiger partial charge is 0.270 e. The third kappa shape index (κ3) is 1.96. The van der Waals surface area contributed by atoms with Gasteiger partial charge in [-0.15, -0.1) is 0 Å². The molecule has 92 valence electrons. The van der Waals surface area contributed by atoms with Gasteiger partial charge in [-0.05, 0) is 18.7 Å². The lowest BCUT2D eigenvalue weighted by Crippen LogP contribution is -2.39. The van der Waals surface area contributed by atoms with Crippen molar-refractivity contribution >= 4 is 5.91 Å². The lowest BCUT2D eigenvalue weighted by Gasteiger charge is -2.26. The number of fused-ring (bicyclic) bond motifs is 1. The maximum Gasteiger partial charge on any atom is 0.270 e. The molecular weight excluding hydrogens is 220 g/mol. The van der Waals surface area contributed by atoms with Gasteiger partial charge in [-0.25, -0.2) is 5.84 Å². The molecular formula is C11H16N4O2. The third-order valence-corrected chi connectivity index (χ3v) is 3.18. The van der Waals surface area contributed by atoms with Crippen LogP contribution in [0.5, 0.6) is 0 Å². The van der Waals surface area contributed by atoms with E-state index in [2.05, 4.69) is 4.90 Å². The SMILES string of the molecule is CN1CCc2c(cc(C(=O)NN)c(=O)n2C)C1. The number of nitrogen functional groups attached to an aromatic ring is 1. The molecule has 6 nitrogen and oxygen atoms in total. The number of carbonyl (C=O) groups is 1. The number of hydrogen-bond acceptors (Lipinski definition) is 4. The quantitative estimate of drug-likeness (QED) is 0.371. The first kappa shape index (κ1) is 11.8. The van der Waals surface area contributed by atoms with E-state index in [4.69, 9.17) is 5.84 Å². The molecule has 0 saturated heterocycles. The van der Waals surface area contributed by atoms with Crippen LogP contribution in [0, 0.1) is 0 Å². The Bertz CT molecular complexity index is 521. The van der Waals surface area contributed by atoms with Gasteiger partial charge in [-0.1, -0.05) is 0 Å². The second-order valence-electron chi connectivity index (χ2n) is 4.36. The minimum Gasteiger partial charge on any atom is -0.315 e. The van der Waals surface area contributed by atoms with Crippen LogP contribution in [0.4, 0.5) is 0 Å². The molecule has 0 spiro atoms. The van der Waals surface area contributed by atoms with Crippen LogP contribution in [0.1, 0.15) is 21.6 Å². The van der Waals surface area contributed by atoms with Crippen LogP contribution in [0.3, 0.4) is 0 Å². The van der Waals surface area contributed by atoms with Crippen LogP contribution in [-0.4, -0.2) is 29.0 Å². The highest BCUT2D eigenvalue weighted by molar-refractivity contribution is 5.93. The van der Waals surface area contributed by atoms with E-state index in [1.165, 1.54) is 0 Å². The molecule has 1 aliphatic rings. The van der Waals surface area contributed by atoms with Gasteiger partial charge in [0.2, 0.25) is 0 Å². The van der Waals surface area contributed by atoms with Crippen LogP contribution in [0.2, 0.25) is 0 Å². The van der Waals surface area contributed by atoms with Crippen LogP contribution < -0.4 is 16.8 Å². The Labute approximate surface area is 99.0 Å². The number of nitrogens with one attached hydrogen (secondary N) is 1. The summed E-state index contributed by atoms with van der Waals surface area (Å²) >= 11 is 0. The summed E-state index contributed by atoms with van der Waals surface area (Å²) in [5.74, 6) is 4.53. The lowest BCUT2D eigenvalue weighted by atomic mass is 10.0. The van der Waals surface area contributed by atoms with Gasteiger partial charge in [0.05, 0.1) is 0 Å². The van der Waals surface area contributed by atoms with Crippen molar-refractivity contribution in [3.8, 4) is 0 Å². The highest BCUT2D eigenvalue weighted by Crippen LogP contribution is 2.16. The Morgan fingerprint density at radius 2 is 2.18 bits per heavy atom. The average molecular weight is 236 g/mol. The van der Waals surface area contributed by atoms with Gasteiger partial charge in [0.15, 0.2) is 0 Å². The molecule has 0 radical (unpaired) electrons. The molecule has 2 rings (SSSR count). The average Bonchev–Trinajstić information content (AvgIpc) is 2.32. The number of carbonyl (C=O) groups excluding carboxylic acids is 1. The fraction of sp³-hybridized carbons (Fsp3) is 0.455. The van der Waals surface area contributed by atoms with Crippen molar-refractivity contribution in [1.82, 2.24) is 14.9 Å². The molecule has 1 aromatic heterocycles. The van der Waals surface area contributed by atoms with Crippen molar-refractivity contribution in [3.05, 3.63) is 33.2 Å². The molecule has 17 heavy (non-hydrogen) atoms. The maximum absolute atomic E-state index is 12.0. The molecule has 1 amide bonds. The minimum absolute atomic E-state index is 0.101. The molecule has 1 aromatic rings. The number of nitrogens with two attached hydrogens (primary N) is 1. The van der Waals surface area contributed by atoms with Gasteiger partial charge in [-0.2, -0.15) is 0 Å². The Kier molecular flexibility index (Phi) is 2.99. The highest BCUT2D eigenvalue weighted by Gasteiger charge is 2.20. The van der Waals surface area contributed by atoms with Gasteiger partial charge in [0.25, 0.3) is 11.5 Å². The number of hydrogen-bond donors (Lipinski definition) is 2. The van der Waals surface area contributed by atoms with Crippen molar-refractivity contribution in [1.29, 1.82) is 0 Å². The molecule has 1 aliphatic heterocycles. The molecule has 0 bridgehead atoms. The van der Waals surface area contributed by atoms with E-state index in [9.17, 15) is 9.59 Å². The molecule has 3 N–H and O–H groups in total. The predicted octanol–water partition coefficient (Wildman–Crippen LogP) is -1.02. The largest absolute Gasteiger partial charge is 0.315 e. The predicted molar refractivity (Wildman–Crippen MR) is 63.4 cm³/mol. The molecule has 0 aromatic carbocycles. The van der Waals surface area contributed by atoms with E-state index in [1.54, 1.807) is 17.7 Å². The van der Waals surface area contributed by atoms with Crippen molar-refractivity contribution in [3.63, 3.8) is 0 Å². The van der Waals surface area contributed by atoms with Crippen LogP contribution >= 0.6 is 0 Å². The standard InChI is InChI=1S/C11H16N4O2/c1-14-4-3-9-7(6-14)5-8(10(16)13-12)11(17)15(9)2/h5H,3-4,6,12H2,1-2H3,(H,13,16). The molecule has 2 heterocycles. The summed E-state index contributed by atoms with van der Waals surface area (Å²) in [5.41, 5.74) is 3.82. The first-order valence-corrected chi connectivity index (χ1v) is 5.46. The molecule has 0 aliphatic carbocycles. The molecule has 0 fully saturated rings. The van der Waals surface area contributed by atoms with Crippen molar-refractivity contribution in [2.24, 2.45) is 12.9 Å². The summed E-state index contributed by atoms with van der Waals surface area (Å²) in [7, 11) is 3.70. The zero-order valence-electron chi connectivity index (χ0n) is 9.99. The van der Waals surface area contributed by atoms with Crippen molar-refractivity contribution in [2.45, 2.75) is 13.0 Å². The third-order valence-electron chi connectivity index (χ3n) is 3.18. The van der Waals surface area contributed by atoms with E-state index in [0.717, 1.165) is 30.8 Å². The topological polar surface area (TPSA) is 80.4 Å². The molecule has 0 atom stereocenters. The van der Waals surface area contributed by atoms with E-state index in [-0.39, 0.29) is 11.1 Å². The summed E-state index contributed by atoms with van der Waals surface area (Å²) in [6, 6.07) is 1.65. The van der Waals surface area contributed by atoms with E-state index in [0.29, 0.717) is 0 Å². The van der Waals surface area contributed by atoms with Crippen LogP contribution in [-0.2, 0) is 20.0 Å². The monoisotopic (exact) mass is 236 g/mol. The van der Waals surface area contributed by atoms with Gasteiger partial charge in [0.1, 0.15) is 5.56 Å². The number of aromatic nitrogens is 1. The fourth-order valence-corrected chi connectivity index (χ4v) is 2.21. The Balaban J connectivity index is 2.59. The minimum atomic E-state index is -0.540. The highest BCUT2D eigenvalue weighted by atomic mass is 16.2. The lowest BCUT2D eigenvalue weighted by molar-refractivity contribution is 0.0951. The number of rotatable bonds is 1. The number of likely N-dealkylation sites (N-methyl/N-ethyl adjacent to an activating group) is 1. The van der Waals surface area contributed by atoms with E-state index < -0.39 is 5.91 Å². The summed E-state index contributed by atoms with van der Waals surface area (Å²) in [6.07, 6.45) is 0.822. The Hall–Kier alpha value is -1.66. The molecule has 0 unspecified atom stereocenters. The normalized spacial score (nSPS) is 15.5. The maximum atomic E-state index is 12.0. The zero-order valence-corrected chi connectivity index (χ0v) is 9.99. The molecule has 0 saturated carbocycles. The summed E-state index contributed by atoms with van der Waals surface area (Å²) in [6.45, 7) is 1.66. The fourth-order valence-electron chi connectivity index (χ4n) is 2.21. The van der Waals surface area contributed by atoms with Gasteiger partial charge in [-0.3, -0.25) is 15.0 Å². The Morgan fingerprint density at radius 3 is 2.82 bits per heavy atom. The van der Waals surface area contributed by atoms with Gasteiger partial charge in [0, 0.05) is 32.3 Å². The van der Waals surface area contributed by atoms with Gasteiger partial charge < -0.3 is 9.47 Å². The van der Waals surface area contributed by atoms with Crippen molar-refractivity contribution in [2.75, 3.05) is 13.6 Å². The number of nitrogens with zero attached hydrogens (tertiary/aromatic N) is 2. The second kappa shape index (κ2) is 4.31. The van der Waals surface area contributed by atoms with Crippen LogP contribution in [0.25, 0.3) is 0 Å². The number of hydrazine groups is 1. The Morgan fingerprint density at radius 1 is 1.47 bits per heavy atom. The zero-order chi connectivity index (χ0) is 12.6. The van der Waals surface area contributed by atoms with Gasteiger partial charge >= 0.3 is 0 Å². The van der Waals surface area contributed by atoms with E-state index >= 15 is 0 Å².